The lowest BCUT2D eigenvalue weighted by Crippen LogP contribution is -2.49. The summed E-state index contributed by atoms with van der Waals surface area (Å²) in [6, 6.07) is 5.55. The van der Waals surface area contributed by atoms with Crippen LogP contribution in [0.3, 0.4) is 0 Å². The quantitative estimate of drug-likeness (QED) is 0.818. The molecular weight excluding hydrogens is 325 g/mol. The highest BCUT2D eigenvalue weighted by molar-refractivity contribution is 6.08. The Bertz CT molecular complexity index is 709. The minimum atomic E-state index is -1.00. The van der Waals surface area contributed by atoms with E-state index in [1.807, 2.05) is 0 Å². The molecule has 2 fully saturated rings. The minimum Gasteiger partial charge on any atom is -0.345 e. The maximum atomic E-state index is 13.2. The number of carbonyl (C=O) groups is 3. The molecular formula is C18H22FN3O3. The highest BCUT2D eigenvalue weighted by Gasteiger charge is 2.45. The van der Waals surface area contributed by atoms with Gasteiger partial charge in [0, 0.05) is 0 Å². The van der Waals surface area contributed by atoms with Crippen molar-refractivity contribution in [2.75, 3.05) is 6.54 Å². The van der Waals surface area contributed by atoms with Gasteiger partial charge in [-0.2, -0.15) is 0 Å². The molecule has 3 rings (SSSR count). The van der Waals surface area contributed by atoms with Gasteiger partial charge in [-0.1, -0.05) is 25.0 Å². The Kier molecular flexibility index (Phi) is 4.26. The van der Waals surface area contributed by atoms with E-state index in [9.17, 15) is 18.8 Å². The van der Waals surface area contributed by atoms with Crippen molar-refractivity contribution in [2.45, 2.75) is 50.6 Å². The van der Waals surface area contributed by atoms with E-state index in [4.69, 9.17) is 0 Å². The van der Waals surface area contributed by atoms with Gasteiger partial charge in [0.1, 0.15) is 17.9 Å². The van der Waals surface area contributed by atoms with Crippen molar-refractivity contribution in [2.24, 2.45) is 0 Å². The molecule has 134 valence electrons. The topological polar surface area (TPSA) is 78.5 Å². The first kappa shape index (κ1) is 17.4. The summed E-state index contributed by atoms with van der Waals surface area (Å²) < 4.78 is 13.2. The first-order valence-corrected chi connectivity index (χ1v) is 8.45. The molecule has 1 aromatic rings. The summed E-state index contributed by atoms with van der Waals surface area (Å²) in [7, 11) is 0. The van der Waals surface area contributed by atoms with Crippen molar-refractivity contribution in [3.05, 3.63) is 35.6 Å². The lowest BCUT2D eigenvalue weighted by atomic mass is 9.88. The number of imide groups is 1. The van der Waals surface area contributed by atoms with E-state index < -0.39 is 28.9 Å². The largest absolute Gasteiger partial charge is 0.345 e. The summed E-state index contributed by atoms with van der Waals surface area (Å²) in [5, 5.41) is 5.54. The van der Waals surface area contributed by atoms with Gasteiger partial charge in [0.05, 0.1) is 5.54 Å². The average Bonchev–Trinajstić information content (AvgIpc) is 3.07. The number of halogens is 1. The van der Waals surface area contributed by atoms with Gasteiger partial charge in [-0.3, -0.25) is 14.5 Å². The second-order valence-electron chi connectivity index (χ2n) is 7.29. The number of nitrogens with one attached hydrogen (secondary N) is 2. The Morgan fingerprint density at radius 1 is 1.20 bits per heavy atom. The maximum Gasteiger partial charge on any atom is 0.325 e. The van der Waals surface area contributed by atoms with Crippen molar-refractivity contribution in [3.63, 3.8) is 0 Å². The third-order valence-corrected chi connectivity index (χ3v) is 4.98. The van der Waals surface area contributed by atoms with Crippen molar-refractivity contribution >= 4 is 17.8 Å². The molecule has 0 bridgehead atoms. The van der Waals surface area contributed by atoms with E-state index >= 15 is 0 Å². The number of urea groups is 1. The third-order valence-electron chi connectivity index (χ3n) is 4.98. The molecule has 1 saturated carbocycles. The predicted octanol–water partition coefficient (Wildman–Crippen LogP) is 2.04. The van der Waals surface area contributed by atoms with Gasteiger partial charge < -0.3 is 10.6 Å². The molecule has 0 radical (unpaired) electrons. The highest BCUT2D eigenvalue weighted by Crippen LogP contribution is 2.38. The number of rotatable bonds is 4. The van der Waals surface area contributed by atoms with Crippen LogP contribution < -0.4 is 10.6 Å². The van der Waals surface area contributed by atoms with E-state index in [1.165, 1.54) is 12.1 Å². The summed E-state index contributed by atoms with van der Waals surface area (Å²) in [5.74, 6) is -1.15. The van der Waals surface area contributed by atoms with Crippen LogP contribution >= 0.6 is 0 Å². The summed E-state index contributed by atoms with van der Waals surface area (Å²) >= 11 is 0. The monoisotopic (exact) mass is 347 g/mol. The van der Waals surface area contributed by atoms with Gasteiger partial charge in [0.2, 0.25) is 5.91 Å². The van der Waals surface area contributed by atoms with Crippen LogP contribution in [0.25, 0.3) is 0 Å². The Morgan fingerprint density at radius 3 is 2.32 bits per heavy atom. The van der Waals surface area contributed by atoms with Gasteiger partial charge >= 0.3 is 6.03 Å². The van der Waals surface area contributed by atoms with Crippen LogP contribution in [0.2, 0.25) is 0 Å². The van der Waals surface area contributed by atoms with Crippen LogP contribution in [0.4, 0.5) is 9.18 Å². The fraction of sp³-hybridized carbons (Fsp3) is 0.500. The molecule has 0 atom stereocenters. The van der Waals surface area contributed by atoms with Crippen molar-refractivity contribution in [1.82, 2.24) is 15.5 Å². The summed E-state index contributed by atoms with van der Waals surface area (Å²) in [6.45, 7) is 2.88. The first-order valence-electron chi connectivity index (χ1n) is 8.45. The van der Waals surface area contributed by atoms with Crippen LogP contribution in [0.1, 0.15) is 45.1 Å². The Balaban J connectivity index is 1.75. The number of carbonyl (C=O) groups excluding carboxylic acids is 3. The van der Waals surface area contributed by atoms with E-state index in [0.29, 0.717) is 0 Å². The van der Waals surface area contributed by atoms with Crippen LogP contribution in [-0.4, -0.2) is 34.8 Å². The molecule has 1 aliphatic heterocycles. The van der Waals surface area contributed by atoms with E-state index in [-0.39, 0.29) is 12.4 Å². The SMILES string of the molecule is CC1(C)NC(=O)N(CC(=O)NC2(c3ccc(F)cc3)CCCC2)C1=O. The van der Waals surface area contributed by atoms with E-state index in [0.717, 1.165) is 36.1 Å². The second-order valence-corrected chi connectivity index (χ2v) is 7.29. The Morgan fingerprint density at radius 2 is 1.80 bits per heavy atom. The Hall–Kier alpha value is -2.44. The normalized spacial score (nSPS) is 21.3. The lowest BCUT2D eigenvalue weighted by molar-refractivity contribution is -0.134. The molecule has 1 aliphatic carbocycles. The molecule has 1 saturated heterocycles. The standard InChI is InChI=1S/C18H22FN3O3/c1-17(2)15(24)22(16(25)21-17)11-14(23)20-18(9-3-4-10-18)12-5-7-13(19)8-6-12/h5-8H,3-4,9-11H2,1-2H3,(H,20,23)(H,21,25). The van der Waals surface area contributed by atoms with Crippen LogP contribution in [0.15, 0.2) is 24.3 Å². The van der Waals surface area contributed by atoms with Crippen LogP contribution in [-0.2, 0) is 15.1 Å². The Labute approximate surface area is 145 Å². The van der Waals surface area contributed by atoms with E-state index in [2.05, 4.69) is 10.6 Å². The average molecular weight is 347 g/mol. The summed E-state index contributed by atoms with van der Waals surface area (Å²) in [4.78, 5) is 37.6. The summed E-state index contributed by atoms with van der Waals surface area (Å²) in [6.07, 6.45) is 3.40. The van der Waals surface area contributed by atoms with Gasteiger partial charge in [-0.15, -0.1) is 0 Å². The van der Waals surface area contributed by atoms with Gasteiger partial charge in [-0.25, -0.2) is 9.18 Å². The molecule has 1 aromatic carbocycles. The smallest absolute Gasteiger partial charge is 0.325 e. The van der Waals surface area contributed by atoms with Gasteiger partial charge in [0.25, 0.3) is 5.91 Å². The highest BCUT2D eigenvalue weighted by atomic mass is 19.1. The molecule has 0 spiro atoms. The lowest BCUT2D eigenvalue weighted by Gasteiger charge is -2.31. The zero-order valence-electron chi connectivity index (χ0n) is 14.4. The van der Waals surface area contributed by atoms with Crippen molar-refractivity contribution in [1.29, 1.82) is 0 Å². The molecule has 0 unspecified atom stereocenters. The number of hydrogen-bond donors (Lipinski definition) is 2. The van der Waals surface area contributed by atoms with Crippen molar-refractivity contribution < 1.29 is 18.8 Å². The number of nitrogens with zero attached hydrogens (tertiary/aromatic N) is 1. The molecule has 1 heterocycles. The van der Waals surface area contributed by atoms with Gasteiger partial charge in [-0.05, 0) is 44.4 Å². The fourth-order valence-electron chi connectivity index (χ4n) is 3.64. The molecule has 6 nitrogen and oxygen atoms in total. The molecule has 7 heteroatoms. The third kappa shape index (κ3) is 3.23. The number of benzene rings is 1. The number of amides is 4. The zero-order valence-corrected chi connectivity index (χ0v) is 14.4. The fourth-order valence-corrected chi connectivity index (χ4v) is 3.64. The zero-order chi connectivity index (χ0) is 18.2. The molecule has 25 heavy (non-hydrogen) atoms. The van der Waals surface area contributed by atoms with Crippen LogP contribution in [0.5, 0.6) is 0 Å². The molecule has 2 N–H and O–H groups in total. The van der Waals surface area contributed by atoms with Gasteiger partial charge in [0.15, 0.2) is 0 Å². The molecule has 4 amide bonds. The molecule has 0 aromatic heterocycles. The maximum absolute atomic E-state index is 13.2. The number of hydrogen-bond acceptors (Lipinski definition) is 3. The minimum absolute atomic E-state index is 0.322. The predicted molar refractivity (Wildman–Crippen MR) is 89.0 cm³/mol. The van der Waals surface area contributed by atoms with E-state index in [1.54, 1.807) is 26.0 Å². The molecule has 2 aliphatic rings. The van der Waals surface area contributed by atoms with Crippen LogP contribution in [0, 0.1) is 5.82 Å². The second kappa shape index (κ2) is 6.13. The first-order chi connectivity index (χ1) is 11.7. The summed E-state index contributed by atoms with van der Waals surface area (Å²) in [5.41, 5.74) is -0.726. The van der Waals surface area contributed by atoms with Crippen molar-refractivity contribution in [3.8, 4) is 0 Å².